The van der Waals surface area contributed by atoms with Crippen molar-refractivity contribution in [2.75, 3.05) is 0 Å². The minimum atomic E-state index is 0.228. The zero-order valence-electron chi connectivity index (χ0n) is 8.40. The number of aromatic nitrogens is 3. The normalized spacial score (nSPS) is 12.7. The molecule has 0 fully saturated rings. The van der Waals surface area contributed by atoms with E-state index in [2.05, 4.69) is 17.1 Å². The van der Waals surface area contributed by atoms with Crippen molar-refractivity contribution in [3.8, 4) is 0 Å². The molecule has 1 aromatic heterocycles. The lowest BCUT2D eigenvalue weighted by Crippen LogP contribution is -2.17. The third kappa shape index (κ3) is 3.02. The molecular formula is C8H15N5S. The Balaban J connectivity index is 2.57. The van der Waals surface area contributed by atoms with E-state index in [1.807, 2.05) is 11.6 Å². The molecule has 1 heterocycles. The summed E-state index contributed by atoms with van der Waals surface area (Å²) in [5.74, 6) is 0.228. The van der Waals surface area contributed by atoms with Gasteiger partial charge >= 0.3 is 0 Å². The van der Waals surface area contributed by atoms with Crippen molar-refractivity contribution in [2.24, 2.45) is 12.8 Å². The molecule has 0 bridgehead atoms. The lowest BCUT2D eigenvalue weighted by molar-refractivity contribution is 0.772. The first-order chi connectivity index (χ1) is 6.63. The molecule has 0 aliphatic rings. The van der Waals surface area contributed by atoms with Gasteiger partial charge in [0.2, 0.25) is 0 Å². The van der Waals surface area contributed by atoms with Crippen molar-refractivity contribution in [2.45, 2.75) is 30.2 Å². The maximum Gasteiger partial charge on any atom is 0.191 e. The van der Waals surface area contributed by atoms with E-state index in [4.69, 9.17) is 11.1 Å². The molecule has 0 spiro atoms. The summed E-state index contributed by atoms with van der Waals surface area (Å²) in [6, 6.07) is 0. The molecule has 0 aliphatic carbocycles. The summed E-state index contributed by atoms with van der Waals surface area (Å²) in [4.78, 5) is 0. The number of thioether (sulfide) groups is 1. The van der Waals surface area contributed by atoms with E-state index in [0.29, 0.717) is 11.7 Å². The molecule has 0 saturated heterocycles. The van der Waals surface area contributed by atoms with Crippen LogP contribution in [-0.4, -0.2) is 25.9 Å². The Morgan fingerprint density at radius 2 is 2.50 bits per heavy atom. The van der Waals surface area contributed by atoms with Gasteiger partial charge in [-0.25, -0.2) is 0 Å². The van der Waals surface area contributed by atoms with Gasteiger partial charge in [0.05, 0.1) is 5.84 Å². The zero-order valence-corrected chi connectivity index (χ0v) is 9.21. The van der Waals surface area contributed by atoms with Gasteiger partial charge in [0.15, 0.2) is 5.16 Å². The lowest BCUT2D eigenvalue weighted by Gasteiger charge is -2.11. The second kappa shape index (κ2) is 4.99. The lowest BCUT2D eigenvalue weighted by atomic mass is 10.2. The van der Waals surface area contributed by atoms with E-state index < -0.39 is 0 Å². The van der Waals surface area contributed by atoms with E-state index in [0.717, 1.165) is 11.6 Å². The molecule has 78 valence electrons. The molecule has 5 nitrogen and oxygen atoms in total. The predicted molar refractivity (Wildman–Crippen MR) is 57.5 cm³/mol. The van der Waals surface area contributed by atoms with Gasteiger partial charge in [-0.3, -0.25) is 5.41 Å². The van der Waals surface area contributed by atoms with E-state index in [9.17, 15) is 0 Å². The highest BCUT2D eigenvalue weighted by atomic mass is 32.2. The molecular weight excluding hydrogens is 198 g/mol. The Bertz CT molecular complexity index is 308. The van der Waals surface area contributed by atoms with E-state index in [1.54, 1.807) is 18.1 Å². The molecule has 1 atom stereocenters. The van der Waals surface area contributed by atoms with Crippen LogP contribution in [0.25, 0.3) is 0 Å². The highest BCUT2D eigenvalue weighted by Crippen LogP contribution is 2.24. The van der Waals surface area contributed by atoms with Crippen LogP contribution < -0.4 is 5.73 Å². The van der Waals surface area contributed by atoms with Crippen LogP contribution >= 0.6 is 11.8 Å². The first-order valence-electron chi connectivity index (χ1n) is 4.47. The maximum atomic E-state index is 7.23. The predicted octanol–water partition coefficient (Wildman–Crippen LogP) is 1.01. The molecule has 0 aliphatic heterocycles. The topological polar surface area (TPSA) is 80.6 Å². The standard InChI is InChI=1S/C8H15N5S/c1-3-6(4-7(9)10)14-8-12-11-5-13(8)2/h5-6H,3-4H2,1-2H3,(H3,9,10). The van der Waals surface area contributed by atoms with Gasteiger partial charge < -0.3 is 10.3 Å². The minimum Gasteiger partial charge on any atom is -0.388 e. The largest absolute Gasteiger partial charge is 0.388 e. The van der Waals surface area contributed by atoms with Crippen molar-refractivity contribution in [3.63, 3.8) is 0 Å². The number of hydrogen-bond donors (Lipinski definition) is 2. The van der Waals surface area contributed by atoms with Crippen molar-refractivity contribution in [3.05, 3.63) is 6.33 Å². The third-order valence-electron chi connectivity index (χ3n) is 1.84. The van der Waals surface area contributed by atoms with Gasteiger partial charge in [-0.15, -0.1) is 10.2 Å². The van der Waals surface area contributed by atoms with Gasteiger partial charge in [0.1, 0.15) is 6.33 Å². The second-order valence-corrected chi connectivity index (χ2v) is 4.37. The fraction of sp³-hybridized carbons (Fsp3) is 0.625. The fourth-order valence-electron chi connectivity index (χ4n) is 1.04. The molecule has 0 amide bonds. The summed E-state index contributed by atoms with van der Waals surface area (Å²) < 4.78 is 1.87. The Morgan fingerprint density at radius 3 is 2.93 bits per heavy atom. The molecule has 1 aromatic rings. The number of nitrogens with zero attached hydrogens (tertiary/aromatic N) is 3. The average molecular weight is 213 g/mol. The highest BCUT2D eigenvalue weighted by molar-refractivity contribution is 7.99. The van der Waals surface area contributed by atoms with Crippen LogP contribution in [-0.2, 0) is 7.05 Å². The molecule has 1 rings (SSSR count). The molecule has 14 heavy (non-hydrogen) atoms. The molecule has 1 unspecified atom stereocenters. The van der Waals surface area contributed by atoms with Crippen molar-refractivity contribution >= 4 is 17.6 Å². The summed E-state index contributed by atoms with van der Waals surface area (Å²) in [6.07, 6.45) is 3.24. The Labute approximate surface area is 87.6 Å². The monoisotopic (exact) mass is 213 g/mol. The average Bonchev–Trinajstić information content (AvgIpc) is 2.50. The third-order valence-corrected chi connectivity index (χ3v) is 3.26. The van der Waals surface area contributed by atoms with Gasteiger partial charge in [0.25, 0.3) is 0 Å². The Morgan fingerprint density at radius 1 is 1.79 bits per heavy atom. The smallest absolute Gasteiger partial charge is 0.191 e. The molecule has 0 aromatic carbocycles. The molecule has 0 saturated carbocycles. The number of amidine groups is 1. The number of nitrogens with two attached hydrogens (primary N) is 1. The summed E-state index contributed by atoms with van der Waals surface area (Å²) in [5.41, 5.74) is 5.36. The molecule has 3 N–H and O–H groups in total. The quantitative estimate of drug-likeness (QED) is 0.434. The van der Waals surface area contributed by atoms with Gasteiger partial charge in [-0.2, -0.15) is 0 Å². The minimum absolute atomic E-state index is 0.228. The summed E-state index contributed by atoms with van der Waals surface area (Å²) in [6.45, 7) is 2.08. The first kappa shape index (κ1) is 11.0. The SMILES string of the molecule is CCC(CC(=N)N)Sc1nncn1C. The first-order valence-corrected chi connectivity index (χ1v) is 5.35. The van der Waals surface area contributed by atoms with Crippen LogP contribution in [0.5, 0.6) is 0 Å². The van der Waals surface area contributed by atoms with Gasteiger partial charge in [-0.1, -0.05) is 18.7 Å². The zero-order chi connectivity index (χ0) is 10.6. The van der Waals surface area contributed by atoms with Crippen LogP contribution in [0, 0.1) is 5.41 Å². The number of rotatable bonds is 5. The molecule has 0 radical (unpaired) electrons. The summed E-state index contributed by atoms with van der Waals surface area (Å²) in [7, 11) is 1.91. The summed E-state index contributed by atoms with van der Waals surface area (Å²) >= 11 is 1.62. The number of aryl methyl sites for hydroxylation is 1. The van der Waals surface area contributed by atoms with Crippen molar-refractivity contribution < 1.29 is 0 Å². The maximum absolute atomic E-state index is 7.23. The van der Waals surface area contributed by atoms with Crippen LogP contribution in [0.2, 0.25) is 0 Å². The van der Waals surface area contributed by atoms with E-state index >= 15 is 0 Å². The van der Waals surface area contributed by atoms with Crippen LogP contribution in [0.4, 0.5) is 0 Å². The second-order valence-electron chi connectivity index (χ2n) is 3.10. The Hall–Kier alpha value is -1.04. The van der Waals surface area contributed by atoms with Crippen molar-refractivity contribution in [1.29, 1.82) is 5.41 Å². The fourth-order valence-corrected chi connectivity index (χ4v) is 2.08. The van der Waals surface area contributed by atoms with Crippen LogP contribution in [0.1, 0.15) is 19.8 Å². The van der Waals surface area contributed by atoms with Gasteiger partial charge in [-0.05, 0) is 6.42 Å². The van der Waals surface area contributed by atoms with Crippen LogP contribution in [0.15, 0.2) is 11.5 Å². The van der Waals surface area contributed by atoms with Crippen LogP contribution in [0.3, 0.4) is 0 Å². The van der Waals surface area contributed by atoms with E-state index in [-0.39, 0.29) is 5.84 Å². The van der Waals surface area contributed by atoms with Gasteiger partial charge in [0, 0.05) is 18.7 Å². The molecule has 6 heteroatoms. The van der Waals surface area contributed by atoms with Crippen molar-refractivity contribution in [1.82, 2.24) is 14.8 Å². The summed E-state index contributed by atoms with van der Waals surface area (Å²) in [5, 5.41) is 16.2. The number of hydrogen-bond acceptors (Lipinski definition) is 4. The van der Waals surface area contributed by atoms with E-state index in [1.165, 1.54) is 0 Å². The highest BCUT2D eigenvalue weighted by Gasteiger charge is 2.12. The Kier molecular flexibility index (Phi) is 3.94. The number of nitrogens with one attached hydrogen (secondary N) is 1.